The number of anilines is 3. The van der Waals surface area contributed by atoms with E-state index < -0.39 is 10.0 Å². The number of piperidine rings is 1. The van der Waals surface area contributed by atoms with Crippen LogP contribution in [0.4, 0.5) is 17.5 Å². The summed E-state index contributed by atoms with van der Waals surface area (Å²) < 4.78 is 39.5. The molecule has 3 aliphatic rings. The zero-order chi connectivity index (χ0) is 25.4. The summed E-state index contributed by atoms with van der Waals surface area (Å²) in [6, 6.07) is 7.70. The van der Waals surface area contributed by atoms with Crippen LogP contribution >= 0.6 is 0 Å². The Kier molecular flexibility index (Phi) is 6.65. The van der Waals surface area contributed by atoms with Crippen molar-refractivity contribution >= 4 is 38.5 Å². The van der Waals surface area contributed by atoms with Gasteiger partial charge in [-0.15, -0.1) is 0 Å². The molecular formula is C25H33N7O4S. The van der Waals surface area contributed by atoms with Crippen LogP contribution < -0.4 is 15.4 Å². The molecule has 37 heavy (non-hydrogen) atoms. The number of methoxy groups -OCH3 is 1. The van der Waals surface area contributed by atoms with Crippen LogP contribution in [-0.4, -0.2) is 91.2 Å². The first-order chi connectivity index (χ1) is 18.0. The second-order valence-electron chi connectivity index (χ2n) is 9.83. The average molecular weight is 528 g/mol. The van der Waals surface area contributed by atoms with Crippen molar-refractivity contribution in [3.8, 4) is 5.75 Å². The van der Waals surface area contributed by atoms with Gasteiger partial charge in [0.05, 0.1) is 36.3 Å². The van der Waals surface area contributed by atoms with E-state index >= 15 is 0 Å². The van der Waals surface area contributed by atoms with Crippen molar-refractivity contribution in [1.82, 2.24) is 24.2 Å². The third kappa shape index (κ3) is 5.11. The van der Waals surface area contributed by atoms with Crippen LogP contribution in [0.5, 0.6) is 5.75 Å². The van der Waals surface area contributed by atoms with Crippen LogP contribution in [0.15, 0.2) is 35.4 Å². The second-order valence-corrected chi connectivity index (χ2v) is 11.8. The molecule has 1 saturated carbocycles. The summed E-state index contributed by atoms with van der Waals surface area (Å²) in [6.45, 7) is 4.35. The predicted molar refractivity (Wildman–Crippen MR) is 141 cm³/mol. The lowest BCUT2D eigenvalue weighted by Gasteiger charge is -2.39. The zero-order valence-electron chi connectivity index (χ0n) is 20.9. The van der Waals surface area contributed by atoms with Crippen molar-refractivity contribution in [1.29, 1.82) is 0 Å². The summed E-state index contributed by atoms with van der Waals surface area (Å²) in [5, 5.41) is 7.59. The van der Waals surface area contributed by atoms with Crippen molar-refractivity contribution in [2.45, 2.75) is 42.7 Å². The van der Waals surface area contributed by atoms with E-state index in [4.69, 9.17) is 9.47 Å². The molecule has 198 valence electrons. The fourth-order valence-corrected chi connectivity index (χ4v) is 6.61. The first kappa shape index (κ1) is 24.4. The third-order valence-electron chi connectivity index (χ3n) is 7.38. The number of nitrogens with one attached hydrogen (secondary N) is 3. The van der Waals surface area contributed by atoms with E-state index in [0.717, 1.165) is 68.8 Å². The molecule has 0 amide bonds. The van der Waals surface area contributed by atoms with Crippen LogP contribution in [0.25, 0.3) is 11.0 Å². The molecule has 3 aromatic rings. The molecule has 1 aliphatic carbocycles. The predicted octanol–water partition coefficient (Wildman–Crippen LogP) is 2.77. The minimum absolute atomic E-state index is 0.219. The van der Waals surface area contributed by atoms with Gasteiger partial charge in [-0.25, -0.2) is 8.42 Å². The number of morpholine rings is 1. The summed E-state index contributed by atoms with van der Waals surface area (Å²) >= 11 is 0. The number of ether oxygens (including phenoxy) is 2. The van der Waals surface area contributed by atoms with Gasteiger partial charge in [0.2, 0.25) is 16.0 Å². The van der Waals surface area contributed by atoms with Crippen LogP contribution in [0.1, 0.15) is 25.7 Å². The molecule has 3 N–H and O–H groups in total. The standard InChI is InChI=1S/C25H33N7O4S/c1-35-22-16-19(37(33,34)32-10-7-18(8-11-32)31-12-14-36-15-13-31)4-5-21(22)28-25-29-23-20(6-9-26-23)24(30-25)27-17-2-3-17/h4-6,9,16-18H,2-3,7-8,10-15H2,1H3,(H3,26,27,28,29,30). The minimum atomic E-state index is -3.64. The van der Waals surface area contributed by atoms with E-state index in [2.05, 4.69) is 30.5 Å². The fourth-order valence-electron chi connectivity index (χ4n) is 5.12. The highest BCUT2D eigenvalue weighted by atomic mass is 32.2. The van der Waals surface area contributed by atoms with Crippen LogP contribution in [0.2, 0.25) is 0 Å². The normalized spacial score (nSPS) is 20.2. The van der Waals surface area contributed by atoms with Gasteiger partial charge in [0.15, 0.2) is 0 Å². The maximum absolute atomic E-state index is 13.5. The van der Waals surface area contributed by atoms with Gasteiger partial charge in [0.25, 0.3) is 0 Å². The number of hydrogen-bond acceptors (Lipinski definition) is 9. The van der Waals surface area contributed by atoms with E-state index in [1.54, 1.807) is 22.5 Å². The molecule has 0 unspecified atom stereocenters. The lowest BCUT2D eigenvalue weighted by molar-refractivity contribution is 0.00610. The van der Waals surface area contributed by atoms with Crippen LogP contribution in [-0.2, 0) is 14.8 Å². The molecule has 2 aliphatic heterocycles. The third-order valence-corrected chi connectivity index (χ3v) is 9.27. The summed E-state index contributed by atoms with van der Waals surface area (Å²) in [5.41, 5.74) is 1.31. The Morgan fingerprint density at radius 2 is 1.84 bits per heavy atom. The van der Waals surface area contributed by atoms with Crippen molar-refractivity contribution < 1.29 is 17.9 Å². The quantitative estimate of drug-likeness (QED) is 0.406. The highest BCUT2D eigenvalue weighted by Gasteiger charge is 2.32. The first-order valence-electron chi connectivity index (χ1n) is 12.9. The number of hydrogen-bond donors (Lipinski definition) is 3. The van der Waals surface area contributed by atoms with Gasteiger partial charge < -0.3 is 25.1 Å². The number of nitrogens with zero attached hydrogens (tertiary/aromatic N) is 4. The Morgan fingerprint density at radius 1 is 1.05 bits per heavy atom. The van der Waals surface area contributed by atoms with Crippen LogP contribution in [0, 0.1) is 0 Å². The topological polar surface area (TPSA) is 125 Å². The molecule has 2 saturated heterocycles. The molecule has 12 heteroatoms. The second kappa shape index (κ2) is 10.1. The Morgan fingerprint density at radius 3 is 2.57 bits per heavy atom. The molecule has 11 nitrogen and oxygen atoms in total. The summed E-state index contributed by atoms with van der Waals surface area (Å²) in [5.74, 6) is 1.59. The average Bonchev–Trinajstić information content (AvgIpc) is 3.62. The number of benzene rings is 1. The number of aromatic amines is 1. The highest BCUT2D eigenvalue weighted by Crippen LogP contribution is 2.33. The van der Waals surface area contributed by atoms with Gasteiger partial charge in [0, 0.05) is 50.5 Å². The molecule has 0 atom stereocenters. The molecule has 0 radical (unpaired) electrons. The lowest BCUT2D eigenvalue weighted by Crippen LogP contribution is -2.50. The Labute approximate surface area is 216 Å². The van der Waals surface area contributed by atoms with Crippen molar-refractivity contribution in [2.24, 2.45) is 0 Å². The number of H-pyrrole nitrogens is 1. The molecule has 4 heterocycles. The van der Waals surface area contributed by atoms with E-state index in [1.807, 2.05) is 12.3 Å². The van der Waals surface area contributed by atoms with E-state index in [-0.39, 0.29) is 4.90 Å². The smallest absolute Gasteiger partial charge is 0.243 e. The monoisotopic (exact) mass is 527 g/mol. The molecule has 6 rings (SSSR count). The summed E-state index contributed by atoms with van der Waals surface area (Å²) in [6.07, 6.45) is 5.75. The maximum atomic E-state index is 13.5. The van der Waals surface area contributed by atoms with Gasteiger partial charge in [-0.1, -0.05) is 0 Å². The van der Waals surface area contributed by atoms with Gasteiger partial charge in [-0.2, -0.15) is 14.3 Å². The van der Waals surface area contributed by atoms with Gasteiger partial charge in [0.1, 0.15) is 17.2 Å². The molecule has 0 bridgehead atoms. The number of aromatic nitrogens is 3. The van der Waals surface area contributed by atoms with E-state index in [1.165, 1.54) is 7.11 Å². The van der Waals surface area contributed by atoms with E-state index in [0.29, 0.717) is 42.6 Å². The van der Waals surface area contributed by atoms with Gasteiger partial charge >= 0.3 is 0 Å². The van der Waals surface area contributed by atoms with Crippen molar-refractivity contribution in [3.63, 3.8) is 0 Å². The molecular weight excluding hydrogens is 494 g/mol. The first-order valence-corrected chi connectivity index (χ1v) is 14.3. The lowest BCUT2D eigenvalue weighted by atomic mass is 10.0. The molecule has 1 aromatic carbocycles. The van der Waals surface area contributed by atoms with Crippen molar-refractivity contribution in [3.05, 3.63) is 30.5 Å². The Balaban J connectivity index is 1.18. The van der Waals surface area contributed by atoms with Gasteiger partial charge in [-0.3, -0.25) is 4.90 Å². The van der Waals surface area contributed by atoms with Crippen molar-refractivity contribution in [2.75, 3.05) is 57.1 Å². The Bertz CT molecular complexity index is 1360. The van der Waals surface area contributed by atoms with Gasteiger partial charge in [-0.05, 0) is 43.9 Å². The highest BCUT2D eigenvalue weighted by molar-refractivity contribution is 7.89. The van der Waals surface area contributed by atoms with Crippen LogP contribution in [0.3, 0.4) is 0 Å². The molecule has 2 aromatic heterocycles. The number of fused-ring (bicyclic) bond motifs is 1. The SMILES string of the molecule is COc1cc(S(=O)(=O)N2CCC(N3CCOCC3)CC2)ccc1Nc1nc(NC2CC2)c2cc[nH]c2n1. The fraction of sp³-hybridized carbons (Fsp3) is 0.520. The summed E-state index contributed by atoms with van der Waals surface area (Å²) in [7, 11) is -2.11. The molecule has 0 spiro atoms. The number of sulfonamides is 1. The zero-order valence-corrected chi connectivity index (χ0v) is 21.8. The molecule has 3 fully saturated rings. The number of rotatable bonds is 8. The largest absolute Gasteiger partial charge is 0.495 e. The van der Waals surface area contributed by atoms with E-state index in [9.17, 15) is 8.42 Å². The summed E-state index contributed by atoms with van der Waals surface area (Å²) in [4.78, 5) is 15.0. The maximum Gasteiger partial charge on any atom is 0.243 e. The minimum Gasteiger partial charge on any atom is -0.495 e. The Hall–Kier alpha value is -2.93.